The van der Waals surface area contributed by atoms with Crippen LogP contribution in [0.1, 0.15) is 6.92 Å². The Hall–Kier alpha value is -0.00753. The van der Waals surface area contributed by atoms with Gasteiger partial charge in [0.1, 0.15) is 0 Å². The van der Waals surface area contributed by atoms with Crippen LogP contribution in [-0.4, -0.2) is 11.4 Å². The SMILES string of the molecule is C=C(C)C(=O)[O-].[Cl-].[Cr+3].[OH-]. The number of aliphatic carboxylic acids is 1. The normalized spacial score (nSPS) is 5.00. The first kappa shape index (κ1) is 23.0. The summed E-state index contributed by atoms with van der Waals surface area (Å²) in [6, 6.07) is 0. The molecule has 0 aromatic carbocycles. The van der Waals surface area contributed by atoms with Gasteiger partial charge in [0.25, 0.3) is 0 Å². The molecule has 0 rings (SSSR count). The zero-order valence-corrected chi connectivity index (χ0v) is 6.79. The Morgan fingerprint density at radius 1 is 1.56 bits per heavy atom. The number of carboxylic acids is 1. The van der Waals surface area contributed by atoms with E-state index < -0.39 is 5.97 Å². The van der Waals surface area contributed by atoms with E-state index in [1.807, 2.05) is 0 Å². The number of carbonyl (C=O) groups excluding carboxylic acids is 1. The molecule has 0 aromatic rings. The van der Waals surface area contributed by atoms with Crippen molar-refractivity contribution in [2.45, 2.75) is 6.92 Å². The minimum Gasteiger partial charge on any atom is -1.00 e. The fourth-order valence-corrected chi connectivity index (χ4v) is 0. The van der Waals surface area contributed by atoms with Gasteiger partial charge in [-0.05, 0) is 12.5 Å². The monoisotopic (exact) mass is 189 g/mol. The summed E-state index contributed by atoms with van der Waals surface area (Å²) in [6.07, 6.45) is 0. The van der Waals surface area contributed by atoms with Crippen LogP contribution in [-0.2, 0) is 22.2 Å². The number of hydrogen-bond acceptors (Lipinski definition) is 3. The van der Waals surface area contributed by atoms with Gasteiger partial charge in [-0.2, -0.15) is 0 Å². The second-order valence-electron chi connectivity index (χ2n) is 1.07. The molecule has 0 saturated heterocycles. The van der Waals surface area contributed by atoms with E-state index in [2.05, 4.69) is 6.58 Å². The summed E-state index contributed by atoms with van der Waals surface area (Å²) in [4.78, 5) is 9.49. The van der Waals surface area contributed by atoms with Gasteiger partial charge in [0.15, 0.2) is 0 Å². The van der Waals surface area contributed by atoms with Crippen molar-refractivity contribution in [2.24, 2.45) is 0 Å². The van der Waals surface area contributed by atoms with Crippen molar-refractivity contribution in [3.05, 3.63) is 12.2 Å². The van der Waals surface area contributed by atoms with Gasteiger partial charge in [0, 0.05) is 0 Å². The Bertz CT molecular complexity index is 81.8. The number of carboxylic acid groups (broad SMARTS) is 1. The summed E-state index contributed by atoms with van der Waals surface area (Å²) in [5.41, 5.74) is 0.0648. The van der Waals surface area contributed by atoms with Crippen LogP contribution >= 0.6 is 0 Å². The summed E-state index contributed by atoms with van der Waals surface area (Å²) in [6.45, 7) is 4.48. The summed E-state index contributed by atoms with van der Waals surface area (Å²) < 4.78 is 0. The number of hydrogen-bond donors (Lipinski definition) is 0. The number of halogens is 1. The van der Waals surface area contributed by atoms with Crippen LogP contribution in [0, 0.1) is 0 Å². The topological polar surface area (TPSA) is 70.1 Å². The third kappa shape index (κ3) is 18.0. The first-order valence-corrected chi connectivity index (χ1v) is 1.51. The third-order valence-electron chi connectivity index (χ3n) is 0.348. The van der Waals surface area contributed by atoms with E-state index in [0.717, 1.165) is 0 Å². The van der Waals surface area contributed by atoms with Crippen LogP contribution in [0.15, 0.2) is 12.2 Å². The molecule has 53 valence electrons. The predicted octanol–water partition coefficient (Wildman–Crippen LogP) is -3.86. The Labute approximate surface area is 70.6 Å². The maximum absolute atomic E-state index is 9.49. The minimum absolute atomic E-state index is 0. The van der Waals surface area contributed by atoms with Crippen LogP contribution in [0.2, 0.25) is 0 Å². The molecule has 5 heteroatoms. The standard InChI is InChI=1S/C4H6O2.ClH.Cr.H2O/c1-3(2)4(5)6;;;/h1H2,2H3,(H,5,6);1H;;1H2/q;;+3;/p-3. The Morgan fingerprint density at radius 2 is 1.67 bits per heavy atom. The summed E-state index contributed by atoms with van der Waals surface area (Å²) in [7, 11) is 0. The molecule has 0 heterocycles. The van der Waals surface area contributed by atoms with Crippen molar-refractivity contribution in [1.82, 2.24) is 0 Å². The Kier molecular flexibility index (Phi) is 27.9. The van der Waals surface area contributed by atoms with E-state index in [4.69, 9.17) is 0 Å². The zero-order chi connectivity index (χ0) is 5.15. The van der Waals surface area contributed by atoms with E-state index in [1.165, 1.54) is 6.92 Å². The molecule has 0 saturated carbocycles. The van der Waals surface area contributed by atoms with E-state index in [1.54, 1.807) is 0 Å². The molecular weight excluding hydrogens is 183 g/mol. The summed E-state index contributed by atoms with van der Waals surface area (Å²) in [5, 5.41) is 9.49. The van der Waals surface area contributed by atoms with Crippen LogP contribution in [0.5, 0.6) is 0 Å². The molecule has 0 aromatic heterocycles. The molecule has 1 N–H and O–H groups in total. The van der Waals surface area contributed by atoms with Crippen LogP contribution in [0.25, 0.3) is 0 Å². The van der Waals surface area contributed by atoms with Crippen molar-refractivity contribution >= 4 is 5.97 Å². The van der Waals surface area contributed by atoms with Crippen LogP contribution < -0.4 is 17.5 Å². The fourth-order valence-electron chi connectivity index (χ4n) is 0. The molecule has 9 heavy (non-hydrogen) atoms. The summed E-state index contributed by atoms with van der Waals surface area (Å²) >= 11 is 0. The van der Waals surface area contributed by atoms with E-state index >= 15 is 0 Å². The number of rotatable bonds is 1. The Morgan fingerprint density at radius 3 is 1.67 bits per heavy atom. The van der Waals surface area contributed by atoms with Gasteiger partial charge in [0.2, 0.25) is 0 Å². The molecular formula is C4H6ClCrO3. The Balaban J connectivity index is -0.0000000417. The first-order chi connectivity index (χ1) is 2.64. The number of carbonyl (C=O) groups is 1. The van der Waals surface area contributed by atoms with E-state index in [0.29, 0.717) is 0 Å². The largest absolute Gasteiger partial charge is 3.00 e. The van der Waals surface area contributed by atoms with Gasteiger partial charge < -0.3 is 27.8 Å². The van der Waals surface area contributed by atoms with Gasteiger partial charge in [-0.15, -0.1) is 0 Å². The molecule has 1 radical (unpaired) electrons. The minimum atomic E-state index is -1.19. The quantitative estimate of drug-likeness (QED) is 0.397. The van der Waals surface area contributed by atoms with Gasteiger partial charge in [-0.1, -0.05) is 6.58 Å². The first-order valence-electron chi connectivity index (χ1n) is 1.51. The molecule has 0 aliphatic rings. The molecule has 0 spiro atoms. The summed E-state index contributed by atoms with van der Waals surface area (Å²) in [5.74, 6) is -1.19. The fraction of sp³-hybridized carbons (Fsp3) is 0.250. The van der Waals surface area contributed by atoms with E-state index in [9.17, 15) is 9.90 Å². The molecule has 0 fully saturated rings. The van der Waals surface area contributed by atoms with Crippen molar-refractivity contribution in [2.75, 3.05) is 0 Å². The molecule has 3 nitrogen and oxygen atoms in total. The maximum Gasteiger partial charge on any atom is 3.00 e. The molecule has 0 unspecified atom stereocenters. The second-order valence-corrected chi connectivity index (χ2v) is 1.07. The van der Waals surface area contributed by atoms with Gasteiger partial charge >= 0.3 is 17.4 Å². The van der Waals surface area contributed by atoms with Gasteiger partial charge in [-0.3, -0.25) is 0 Å². The van der Waals surface area contributed by atoms with Crippen molar-refractivity contribution in [3.8, 4) is 0 Å². The van der Waals surface area contributed by atoms with Gasteiger partial charge in [0.05, 0.1) is 5.97 Å². The molecule has 0 atom stereocenters. The average Bonchev–Trinajstić information content (AvgIpc) is 1.36. The molecule has 0 aliphatic heterocycles. The molecule has 0 aliphatic carbocycles. The van der Waals surface area contributed by atoms with Gasteiger partial charge in [-0.25, -0.2) is 0 Å². The van der Waals surface area contributed by atoms with Crippen LogP contribution in [0.3, 0.4) is 0 Å². The third-order valence-corrected chi connectivity index (χ3v) is 0.348. The van der Waals surface area contributed by atoms with Crippen molar-refractivity contribution < 1.29 is 45.1 Å². The van der Waals surface area contributed by atoms with Crippen LogP contribution in [0.4, 0.5) is 0 Å². The molecule has 0 bridgehead atoms. The van der Waals surface area contributed by atoms with E-state index in [-0.39, 0.29) is 40.8 Å². The maximum atomic E-state index is 9.49. The zero-order valence-electron chi connectivity index (χ0n) is 4.76. The predicted molar refractivity (Wildman–Crippen MR) is 21.8 cm³/mol. The second kappa shape index (κ2) is 10.9. The van der Waals surface area contributed by atoms with Crippen molar-refractivity contribution in [1.29, 1.82) is 0 Å². The smallest absolute Gasteiger partial charge is 1.00 e. The van der Waals surface area contributed by atoms with Crippen molar-refractivity contribution in [3.63, 3.8) is 0 Å². The molecule has 0 amide bonds. The average molecular weight is 190 g/mol.